The molecule has 0 saturated carbocycles. The number of hydrogen-bond acceptors (Lipinski definition) is 4. The van der Waals surface area contributed by atoms with Crippen molar-refractivity contribution < 1.29 is 15.0 Å². The number of aromatic carboxylic acids is 1. The summed E-state index contributed by atoms with van der Waals surface area (Å²) in [7, 11) is 0. The van der Waals surface area contributed by atoms with Gasteiger partial charge in [-0.3, -0.25) is 4.98 Å². The lowest BCUT2D eigenvalue weighted by atomic mass is 10.1. The monoisotopic (exact) mass is 272 g/mol. The molecule has 1 aliphatic heterocycles. The third kappa shape index (κ3) is 2.15. The van der Waals surface area contributed by atoms with Crippen LogP contribution >= 0.6 is 0 Å². The van der Waals surface area contributed by atoms with Crippen LogP contribution in [0.4, 0.5) is 5.69 Å². The van der Waals surface area contributed by atoms with Crippen molar-refractivity contribution in [3.8, 4) is 5.75 Å². The first kappa shape index (κ1) is 12.7. The number of phenolic OH excluding ortho intramolecular Hbond substituents is 1. The Hall–Kier alpha value is -2.30. The van der Waals surface area contributed by atoms with Crippen molar-refractivity contribution in [1.29, 1.82) is 0 Å². The van der Waals surface area contributed by atoms with Crippen LogP contribution in [0.3, 0.4) is 0 Å². The van der Waals surface area contributed by atoms with Gasteiger partial charge in [0.25, 0.3) is 0 Å². The molecule has 0 amide bonds. The highest BCUT2D eigenvalue weighted by Gasteiger charge is 2.16. The van der Waals surface area contributed by atoms with E-state index in [-0.39, 0.29) is 11.3 Å². The normalized spacial score (nSPS) is 15.5. The summed E-state index contributed by atoms with van der Waals surface area (Å²) in [4.78, 5) is 17.7. The highest BCUT2D eigenvalue weighted by atomic mass is 16.4. The molecule has 5 nitrogen and oxygen atoms in total. The summed E-state index contributed by atoms with van der Waals surface area (Å²) in [6, 6.07) is 4.61. The number of nitrogens with zero attached hydrogens (tertiary/aromatic N) is 2. The third-order valence-electron chi connectivity index (χ3n) is 3.77. The second-order valence-corrected chi connectivity index (χ2v) is 5.07. The average Bonchev–Trinajstić information content (AvgIpc) is 2.48. The maximum absolute atomic E-state index is 11.3. The van der Waals surface area contributed by atoms with Crippen LogP contribution < -0.4 is 4.90 Å². The van der Waals surface area contributed by atoms with Gasteiger partial charge in [0, 0.05) is 18.5 Å². The molecular weight excluding hydrogens is 256 g/mol. The number of anilines is 1. The molecule has 2 aromatic rings. The summed E-state index contributed by atoms with van der Waals surface area (Å²) in [5.41, 5.74) is 1.43. The Kier molecular flexibility index (Phi) is 3.18. The lowest BCUT2D eigenvalue weighted by Crippen LogP contribution is -2.29. The molecule has 2 N–H and O–H groups in total. The largest absolute Gasteiger partial charge is 0.506 e. The summed E-state index contributed by atoms with van der Waals surface area (Å²) in [6.07, 6.45) is 5.23. The third-order valence-corrected chi connectivity index (χ3v) is 3.77. The van der Waals surface area contributed by atoms with E-state index in [0.717, 1.165) is 31.6 Å². The minimum atomic E-state index is -1.01. The lowest BCUT2D eigenvalue weighted by Gasteiger charge is -2.28. The molecule has 1 saturated heterocycles. The van der Waals surface area contributed by atoms with Crippen molar-refractivity contribution in [3.05, 3.63) is 30.0 Å². The molecule has 0 radical (unpaired) electrons. The molecule has 104 valence electrons. The summed E-state index contributed by atoms with van der Waals surface area (Å²) < 4.78 is 0. The lowest BCUT2D eigenvalue weighted by molar-refractivity contribution is 0.0699. The molecule has 1 aromatic carbocycles. The molecule has 2 heterocycles. The van der Waals surface area contributed by atoms with E-state index in [4.69, 9.17) is 0 Å². The van der Waals surface area contributed by atoms with Crippen molar-refractivity contribution in [2.24, 2.45) is 0 Å². The zero-order chi connectivity index (χ0) is 14.1. The Labute approximate surface area is 116 Å². The number of benzene rings is 1. The van der Waals surface area contributed by atoms with Crippen molar-refractivity contribution in [2.45, 2.75) is 19.3 Å². The van der Waals surface area contributed by atoms with E-state index in [1.54, 1.807) is 6.20 Å². The number of pyridine rings is 1. The van der Waals surface area contributed by atoms with Crippen molar-refractivity contribution >= 4 is 22.6 Å². The smallest absolute Gasteiger partial charge is 0.336 e. The summed E-state index contributed by atoms with van der Waals surface area (Å²) in [6.45, 7) is 1.93. The molecule has 0 atom stereocenters. The minimum absolute atomic E-state index is 0.00944. The summed E-state index contributed by atoms with van der Waals surface area (Å²) in [5.74, 6) is -0.997. The molecule has 1 aliphatic rings. The SMILES string of the molecule is O=C(O)c1ccc(O)c2ncc(N3CCCCC3)cc12. The van der Waals surface area contributed by atoms with Gasteiger partial charge in [-0.2, -0.15) is 0 Å². The van der Waals surface area contributed by atoms with Crippen LogP contribution in [0.1, 0.15) is 29.6 Å². The molecule has 20 heavy (non-hydrogen) atoms. The van der Waals surface area contributed by atoms with Crippen LogP contribution in [0, 0.1) is 0 Å². The first-order chi connectivity index (χ1) is 9.66. The van der Waals surface area contributed by atoms with Crippen LogP contribution in [0.5, 0.6) is 5.75 Å². The van der Waals surface area contributed by atoms with Crippen LogP contribution in [-0.2, 0) is 0 Å². The van der Waals surface area contributed by atoms with E-state index < -0.39 is 5.97 Å². The van der Waals surface area contributed by atoms with Gasteiger partial charge in [0.15, 0.2) is 0 Å². The molecule has 3 rings (SSSR count). The zero-order valence-electron chi connectivity index (χ0n) is 11.0. The first-order valence-electron chi connectivity index (χ1n) is 6.77. The van der Waals surface area contributed by atoms with Crippen LogP contribution in [0.15, 0.2) is 24.4 Å². The maximum atomic E-state index is 11.3. The van der Waals surface area contributed by atoms with Gasteiger partial charge in [-0.05, 0) is 37.5 Å². The van der Waals surface area contributed by atoms with Crippen LogP contribution in [0.25, 0.3) is 10.9 Å². The van der Waals surface area contributed by atoms with E-state index in [0.29, 0.717) is 10.9 Å². The fraction of sp³-hybridized carbons (Fsp3) is 0.333. The fourth-order valence-corrected chi connectivity index (χ4v) is 2.71. The highest BCUT2D eigenvalue weighted by molar-refractivity contribution is 6.05. The summed E-state index contributed by atoms with van der Waals surface area (Å²) in [5, 5.41) is 19.5. The molecule has 1 fully saturated rings. The predicted octanol–water partition coefficient (Wildman–Crippen LogP) is 2.63. The van der Waals surface area contributed by atoms with Gasteiger partial charge >= 0.3 is 5.97 Å². The Morgan fingerprint density at radius 2 is 1.95 bits per heavy atom. The van der Waals surface area contributed by atoms with Crippen LogP contribution in [0.2, 0.25) is 0 Å². The van der Waals surface area contributed by atoms with E-state index in [1.807, 2.05) is 6.07 Å². The minimum Gasteiger partial charge on any atom is -0.506 e. The van der Waals surface area contributed by atoms with Gasteiger partial charge in [0.2, 0.25) is 0 Å². The maximum Gasteiger partial charge on any atom is 0.336 e. The second kappa shape index (κ2) is 5.00. The quantitative estimate of drug-likeness (QED) is 0.879. The van der Waals surface area contributed by atoms with E-state index in [9.17, 15) is 15.0 Å². The second-order valence-electron chi connectivity index (χ2n) is 5.07. The summed E-state index contributed by atoms with van der Waals surface area (Å²) >= 11 is 0. The number of aromatic nitrogens is 1. The Bertz CT molecular complexity index is 663. The molecule has 1 aromatic heterocycles. The number of carboxylic acid groups (broad SMARTS) is 1. The molecule has 5 heteroatoms. The fourth-order valence-electron chi connectivity index (χ4n) is 2.71. The molecule has 0 aliphatic carbocycles. The topological polar surface area (TPSA) is 73.7 Å². The van der Waals surface area contributed by atoms with Gasteiger partial charge in [0.1, 0.15) is 11.3 Å². The van der Waals surface area contributed by atoms with Gasteiger partial charge < -0.3 is 15.1 Å². The molecule has 0 unspecified atom stereocenters. The number of phenols is 1. The number of fused-ring (bicyclic) bond motifs is 1. The number of aromatic hydroxyl groups is 1. The number of hydrogen-bond donors (Lipinski definition) is 2. The van der Waals surface area contributed by atoms with E-state index in [2.05, 4.69) is 9.88 Å². The van der Waals surface area contributed by atoms with Crippen LogP contribution in [-0.4, -0.2) is 34.3 Å². The van der Waals surface area contributed by atoms with Crippen molar-refractivity contribution in [1.82, 2.24) is 4.98 Å². The number of rotatable bonds is 2. The molecule has 0 spiro atoms. The van der Waals surface area contributed by atoms with Crippen molar-refractivity contribution in [3.63, 3.8) is 0 Å². The van der Waals surface area contributed by atoms with E-state index >= 15 is 0 Å². The molecular formula is C15H16N2O3. The number of carboxylic acids is 1. The predicted molar refractivity (Wildman–Crippen MR) is 76.4 cm³/mol. The molecule has 0 bridgehead atoms. The Morgan fingerprint density at radius 1 is 1.20 bits per heavy atom. The Balaban J connectivity index is 2.13. The van der Waals surface area contributed by atoms with E-state index in [1.165, 1.54) is 18.6 Å². The number of carbonyl (C=O) groups is 1. The highest BCUT2D eigenvalue weighted by Crippen LogP contribution is 2.30. The van der Waals surface area contributed by atoms with Gasteiger partial charge in [0.05, 0.1) is 17.4 Å². The Morgan fingerprint density at radius 3 is 2.65 bits per heavy atom. The zero-order valence-corrected chi connectivity index (χ0v) is 11.0. The number of piperidine rings is 1. The van der Waals surface area contributed by atoms with Gasteiger partial charge in [-0.15, -0.1) is 0 Å². The van der Waals surface area contributed by atoms with Gasteiger partial charge in [-0.1, -0.05) is 0 Å². The standard InChI is InChI=1S/C15H16N2O3/c18-13-5-4-11(15(19)20)12-8-10(9-16-14(12)13)17-6-2-1-3-7-17/h4-5,8-9,18H,1-3,6-7H2,(H,19,20). The van der Waals surface area contributed by atoms with Crippen molar-refractivity contribution in [2.75, 3.05) is 18.0 Å². The van der Waals surface area contributed by atoms with Gasteiger partial charge in [-0.25, -0.2) is 4.79 Å². The average molecular weight is 272 g/mol. The first-order valence-corrected chi connectivity index (χ1v) is 6.77.